The van der Waals surface area contributed by atoms with Crippen molar-refractivity contribution in [1.82, 2.24) is 4.40 Å². The van der Waals surface area contributed by atoms with Gasteiger partial charge in [0.25, 0.3) is 0 Å². The summed E-state index contributed by atoms with van der Waals surface area (Å²) in [6, 6.07) is 14.9. The van der Waals surface area contributed by atoms with Crippen molar-refractivity contribution in [1.29, 1.82) is 0 Å². The second-order valence-electron chi connectivity index (χ2n) is 4.13. The zero-order valence-corrected chi connectivity index (χ0v) is 9.89. The van der Waals surface area contributed by atoms with Gasteiger partial charge in [0.15, 0.2) is 0 Å². The van der Waals surface area contributed by atoms with E-state index in [-0.39, 0.29) is 0 Å². The van der Waals surface area contributed by atoms with Crippen LogP contribution < -0.4 is 0 Å². The predicted molar refractivity (Wildman–Crippen MR) is 70.2 cm³/mol. The number of hydrogen-bond donors (Lipinski definition) is 0. The molecule has 3 aromatic rings. The van der Waals surface area contributed by atoms with Gasteiger partial charge in [0.05, 0.1) is 17.6 Å². The summed E-state index contributed by atoms with van der Waals surface area (Å²) >= 11 is 0. The minimum atomic E-state index is 0.675. The third-order valence-corrected chi connectivity index (χ3v) is 3.07. The molecule has 0 aliphatic carbocycles. The maximum atomic E-state index is 5.53. The van der Waals surface area contributed by atoms with Crippen LogP contribution in [0.3, 0.4) is 0 Å². The van der Waals surface area contributed by atoms with Gasteiger partial charge >= 0.3 is 0 Å². The van der Waals surface area contributed by atoms with Gasteiger partial charge in [-0.05, 0) is 36.6 Å². The number of ether oxygens (including phenoxy) is 1. The van der Waals surface area contributed by atoms with Gasteiger partial charge in [-0.15, -0.1) is 0 Å². The zero-order chi connectivity index (χ0) is 11.7. The van der Waals surface area contributed by atoms with Crippen LogP contribution in [0.5, 0.6) is 0 Å². The molecule has 0 saturated heterocycles. The Morgan fingerprint density at radius 3 is 2.76 bits per heavy atom. The molecule has 0 atom stereocenters. The molecule has 2 heteroatoms. The SMILES string of the molecule is CCOCc1cc2ccccc2n2cccc12. The number of pyridine rings is 1. The van der Waals surface area contributed by atoms with Crippen molar-refractivity contribution in [2.24, 2.45) is 0 Å². The van der Waals surface area contributed by atoms with E-state index in [0.717, 1.165) is 6.61 Å². The lowest BCUT2D eigenvalue weighted by molar-refractivity contribution is 0.135. The first-order chi connectivity index (χ1) is 8.40. The number of hydrogen-bond acceptors (Lipinski definition) is 1. The molecule has 0 unspecified atom stereocenters. The molecule has 0 saturated carbocycles. The van der Waals surface area contributed by atoms with Gasteiger partial charge in [-0.25, -0.2) is 0 Å². The minimum absolute atomic E-state index is 0.675. The molecule has 2 aromatic heterocycles. The Hall–Kier alpha value is -1.80. The van der Waals surface area contributed by atoms with E-state index in [1.807, 2.05) is 6.92 Å². The third kappa shape index (κ3) is 1.71. The van der Waals surface area contributed by atoms with Crippen LogP contribution in [0, 0.1) is 0 Å². The molecule has 86 valence electrons. The highest BCUT2D eigenvalue weighted by Crippen LogP contribution is 2.22. The summed E-state index contributed by atoms with van der Waals surface area (Å²) in [6.45, 7) is 3.45. The van der Waals surface area contributed by atoms with Crippen LogP contribution in [0.1, 0.15) is 12.5 Å². The third-order valence-electron chi connectivity index (χ3n) is 3.07. The van der Waals surface area contributed by atoms with Crippen LogP contribution in [-0.2, 0) is 11.3 Å². The molecule has 0 spiro atoms. The van der Waals surface area contributed by atoms with Crippen molar-refractivity contribution in [3.05, 3.63) is 54.2 Å². The van der Waals surface area contributed by atoms with Crippen molar-refractivity contribution >= 4 is 16.4 Å². The quantitative estimate of drug-likeness (QED) is 0.663. The molecular weight excluding hydrogens is 210 g/mol. The Bertz CT molecular complexity index is 654. The molecule has 0 amide bonds. The normalized spacial score (nSPS) is 11.4. The first-order valence-corrected chi connectivity index (χ1v) is 5.95. The van der Waals surface area contributed by atoms with E-state index in [1.54, 1.807) is 0 Å². The monoisotopic (exact) mass is 225 g/mol. The Morgan fingerprint density at radius 1 is 1.06 bits per heavy atom. The highest BCUT2D eigenvalue weighted by Gasteiger charge is 2.05. The summed E-state index contributed by atoms with van der Waals surface area (Å²) in [5, 5.41) is 1.26. The molecule has 0 bridgehead atoms. The second kappa shape index (κ2) is 4.22. The Balaban J connectivity index is 2.28. The Morgan fingerprint density at radius 2 is 1.88 bits per heavy atom. The molecule has 0 N–H and O–H groups in total. The molecule has 2 heterocycles. The van der Waals surface area contributed by atoms with Crippen molar-refractivity contribution in [2.45, 2.75) is 13.5 Å². The summed E-state index contributed by atoms with van der Waals surface area (Å²) in [5.74, 6) is 0. The molecule has 2 nitrogen and oxygen atoms in total. The number of para-hydroxylation sites is 1. The lowest BCUT2D eigenvalue weighted by atomic mass is 10.1. The van der Waals surface area contributed by atoms with Crippen LogP contribution in [0.2, 0.25) is 0 Å². The maximum Gasteiger partial charge on any atom is 0.0737 e. The van der Waals surface area contributed by atoms with Crippen molar-refractivity contribution in [3.63, 3.8) is 0 Å². The van der Waals surface area contributed by atoms with Crippen LogP contribution in [0.15, 0.2) is 48.7 Å². The second-order valence-corrected chi connectivity index (χ2v) is 4.13. The van der Waals surface area contributed by atoms with E-state index in [0.29, 0.717) is 6.61 Å². The average molecular weight is 225 g/mol. The summed E-state index contributed by atoms with van der Waals surface area (Å²) < 4.78 is 7.76. The lowest BCUT2D eigenvalue weighted by Gasteiger charge is -2.09. The Kier molecular flexibility index (Phi) is 2.57. The number of rotatable bonds is 3. The molecule has 3 rings (SSSR count). The largest absolute Gasteiger partial charge is 0.377 e. The van der Waals surface area contributed by atoms with E-state index in [1.165, 1.54) is 22.0 Å². The van der Waals surface area contributed by atoms with E-state index in [9.17, 15) is 0 Å². The topological polar surface area (TPSA) is 13.6 Å². The van der Waals surface area contributed by atoms with Crippen LogP contribution in [-0.4, -0.2) is 11.0 Å². The highest BCUT2D eigenvalue weighted by molar-refractivity contribution is 5.84. The van der Waals surface area contributed by atoms with Crippen molar-refractivity contribution < 1.29 is 4.74 Å². The predicted octanol–water partition coefficient (Wildman–Crippen LogP) is 3.63. The van der Waals surface area contributed by atoms with Crippen LogP contribution in [0.25, 0.3) is 16.4 Å². The van der Waals surface area contributed by atoms with Gasteiger partial charge < -0.3 is 9.14 Å². The smallest absolute Gasteiger partial charge is 0.0737 e. The first kappa shape index (κ1) is 10.4. The van der Waals surface area contributed by atoms with Gasteiger partial charge in [-0.2, -0.15) is 0 Å². The fourth-order valence-electron chi connectivity index (χ4n) is 2.27. The van der Waals surface area contributed by atoms with Crippen LogP contribution >= 0.6 is 0 Å². The highest BCUT2D eigenvalue weighted by atomic mass is 16.5. The summed E-state index contributed by atoms with van der Waals surface area (Å²) in [6.07, 6.45) is 2.10. The maximum absolute atomic E-state index is 5.53. The van der Waals surface area contributed by atoms with E-state index < -0.39 is 0 Å². The van der Waals surface area contributed by atoms with E-state index in [2.05, 4.69) is 53.1 Å². The molecule has 1 aromatic carbocycles. The first-order valence-electron chi connectivity index (χ1n) is 5.95. The molecule has 0 radical (unpaired) electrons. The van der Waals surface area contributed by atoms with Gasteiger partial charge in [0, 0.05) is 18.4 Å². The zero-order valence-electron chi connectivity index (χ0n) is 9.89. The fourth-order valence-corrected chi connectivity index (χ4v) is 2.27. The Labute approximate surface area is 100 Å². The number of nitrogens with zero attached hydrogens (tertiary/aromatic N) is 1. The summed E-state index contributed by atoms with van der Waals surface area (Å²) in [5.41, 5.74) is 3.72. The number of aromatic nitrogens is 1. The van der Waals surface area contributed by atoms with E-state index in [4.69, 9.17) is 4.74 Å². The van der Waals surface area contributed by atoms with E-state index >= 15 is 0 Å². The number of benzene rings is 1. The molecule has 0 fully saturated rings. The molecule has 0 aliphatic heterocycles. The van der Waals surface area contributed by atoms with Gasteiger partial charge in [0.1, 0.15) is 0 Å². The molecular formula is C15H15NO. The lowest BCUT2D eigenvalue weighted by Crippen LogP contribution is -1.96. The minimum Gasteiger partial charge on any atom is -0.377 e. The van der Waals surface area contributed by atoms with Crippen molar-refractivity contribution in [2.75, 3.05) is 6.61 Å². The van der Waals surface area contributed by atoms with Gasteiger partial charge in [-0.1, -0.05) is 18.2 Å². The van der Waals surface area contributed by atoms with Crippen molar-refractivity contribution in [3.8, 4) is 0 Å². The molecule has 0 aliphatic rings. The average Bonchev–Trinajstić information content (AvgIpc) is 2.85. The standard InChI is InChI=1S/C15H15NO/c1-2-17-11-13-10-12-6-3-4-7-14(12)16-9-5-8-15(13)16/h3-10H,2,11H2,1H3. The molecule has 17 heavy (non-hydrogen) atoms. The fraction of sp³-hybridized carbons (Fsp3) is 0.200. The summed E-state index contributed by atoms with van der Waals surface area (Å²) in [4.78, 5) is 0. The van der Waals surface area contributed by atoms with Gasteiger partial charge in [0.2, 0.25) is 0 Å². The van der Waals surface area contributed by atoms with Gasteiger partial charge in [-0.3, -0.25) is 0 Å². The summed E-state index contributed by atoms with van der Waals surface area (Å²) in [7, 11) is 0. The van der Waals surface area contributed by atoms with Crippen LogP contribution in [0.4, 0.5) is 0 Å². The number of fused-ring (bicyclic) bond motifs is 3.